The molecule has 2 N–H and O–H groups in total. The molecule has 30 heavy (non-hydrogen) atoms. The van der Waals surface area contributed by atoms with E-state index in [4.69, 9.17) is 23.2 Å². The summed E-state index contributed by atoms with van der Waals surface area (Å²) in [6, 6.07) is 4.12. The van der Waals surface area contributed by atoms with Crippen LogP contribution in [-0.2, 0) is 14.4 Å². The molecule has 3 rings (SSSR count). The standard InChI is InChI=1S/C20H24Cl2N4O4/c1-2-9-25(11-16(27)23-15-10-13(21)5-6-14(15)22)17(28)12-26-18(29)20(24-19(26)30)7-3-4-8-20/h5-6,10H,2-4,7-9,11-12H2,1H3,(H,23,27)(H,24,30). The van der Waals surface area contributed by atoms with Crippen molar-refractivity contribution in [3.8, 4) is 0 Å². The fraction of sp³-hybridized carbons (Fsp3) is 0.500. The van der Waals surface area contributed by atoms with Crippen molar-refractivity contribution in [2.75, 3.05) is 25.0 Å². The highest BCUT2D eigenvalue weighted by Gasteiger charge is 2.52. The van der Waals surface area contributed by atoms with E-state index in [1.165, 1.54) is 11.0 Å². The van der Waals surface area contributed by atoms with Crippen LogP contribution in [0.25, 0.3) is 0 Å². The summed E-state index contributed by atoms with van der Waals surface area (Å²) in [6.45, 7) is 1.56. The predicted molar refractivity (Wildman–Crippen MR) is 113 cm³/mol. The fourth-order valence-corrected chi connectivity index (χ4v) is 4.23. The van der Waals surface area contributed by atoms with Gasteiger partial charge < -0.3 is 15.5 Å². The third-order valence-corrected chi connectivity index (χ3v) is 5.94. The second-order valence-electron chi connectivity index (χ2n) is 7.60. The number of imide groups is 1. The summed E-state index contributed by atoms with van der Waals surface area (Å²) in [5.41, 5.74) is -0.525. The van der Waals surface area contributed by atoms with E-state index in [0.29, 0.717) is 41.5 Å². The number of amides is 5. The smallest absolute Gasteiger partial charge is 0.325 e. The zero-order valence-corrected chi connectivity index (χ0v) is 18.2. The van der Waals surface area contributed by atoms with Crippen LogP contribution in [0.3, 0.4) is 0 Å². The highest BCUT2D eigenvalue weighted by Crippen LogP contribution is 2.35. The molecule has 1 aliphatic carbocycles. The van der Waals surface area contributed by atoms with Gasteiger partial charge in [-0.25, -0.2) is 4.79 Å². The molecule has 1 spiro atoms. The van der Waals surface area contributed by atoms with Crippen molar-refractivity contribution in [2.24, 2.45) is 0 Å². The van der Waals surface area contributed by atoms with Gasteiger partial charge in [0.15, 0.2) is 0 Å². The topological polar surface area (TPSA) is 98.8 Å². The van der Waals surface area contributed by atoms with E-state index in [0.717, 1.165) is 17.7 Å². The number of carbonyl (C=O) groups excluding carboxylic acids is 4. The summed E-state index contributed by atoms with van der Waals surface area (Å²) in [5.74, 6) is -1.28. The van der Waals surface area contributed by atoms with E-state index in [1.807, 2.05) is 6.92 Å². The molecule has 1 heterocycles. The maximum atomic E-state index is 12.8. The Labute approximate surface area is 184 Å². The van der Waals surface area contributed by atoms with Gasteiger partial charge >= 0.3 is 6.03 Å². The predicted octanol–water partition coefficient (Wildman–Crippen LogP) is 3.04. The van der Waals surface area contributed by atoms with Gasteiger partial charge in [-0.3, -0.25) is 19.3 Å². The summed E-state index contributed by atoms with van der Waals surface area (Å²) in [5, 5.41) is 6.12. The Morgan fingerprint density at radius 1 is 1.23 bits per heavy atom. The number of halogens is 2. The number of benzene rings is 1. The van der Waals surface area contributed by atoms with Crippen molar-refractivity contribution in [3.05, 3.63) is 28.2 Å². The van der Waals surface area contributed by atoms with Crippen LogP contribution < -0.4 is 10.6 Å². The van der Waals surface area contributed by atoms with E-state index >= 15 is 0 Å². The zero-order chi connectivity index (χ0) is 21.9. The Morgan fingerprint density at radius 3 is 2.60 bits per heavy atom. The average molecular weight is 455 g/mol. The molecule has 0 radical (unpaired) electrons. The number of nitrogens with one attached hydrogen (secondary N) is 2. The number of nitrogens with zero attached hydrogens (tertiary/aromatic N) is 2. The zero-order valence-electron chi connectivity index (χ0n) is 16.7. The molecule has 8 nitrogen and oxygen atoms in total. The minimum atomic E-state index is -0.867. The minimum Gasteiger partial charge on any atom is -0.332 e. The Kier molecular flexibility index (Phi) is 6.88. The van der Waals surface area contributed by atoms with E-state index in [2.05, 4.69) is 10.6 Å². The summed E-state index contributed by atoms with van der Waals surface area (Å²) in [6.07, 6.45) is 3.51. The molecule has 0 bridgehead atoms. The Hall–Kier alpha value is -2.32. The molecule has 1 saturated heterocycles. The molecule has 1 aromatic rings. The number of hydrogen-bond donors (Lipinski definition) is 2. The van der Waals surface area contributed by atoms with Gasteiger partial charge in [0.2, 0.25) is 11.8 Å². The summed E-state index contributed by atoms with van der Waals surface area (Å²) in [4.78, 5) is 52.6. The van der Waals surface area contributed by atoms with Gasteiger partial charge in [0.25, 0.3) is 5.91 Å². The third-order valence-electron chi connectivity index (χ3n) is 5.38. The molecule has 1 saturated carbocycles. The number of hydrogen-bond acceptors (Lipinski definition) is 4. The van der Waals surface area contributed by atoms with E-state index in [9.17, 15) is 19.2 Å². The molecule has 1 aromatic carbocycles. The first-order chi connectivity index (χ1) is 14.3. The van der Waals surface area contributed by atoms with Crippen LogP contribution in [0.4, 0.5) is 10.5 Å². The monoisotopic (exact) mass is 454 g/mol. The quantitative estimate of drug-likeness (QED) is 0.618. The lowest BCUT2D eigenvalue weighted by molar-refractivity contribution is -0.140. The largest absolute Gasteiger partial charge is 0.332 e. The summed E-state index contributed by atoms with van der Waals surface area (Å²) < 4.78 is 0. The third kappa shape index (κ3) is 4.70. The van der Waals surface area contributed by atoms with Crippen LogP contribution in [0.15, 0.2) is 18.2 Å². The normalized spacial score (nSPS) is 17.4. The summed E-state index contributed by atoms with van der Waals surface area (Å²) >= 11 is 12.0. The SMILES string of the molecule is CCCN(CC(=O)Nc1cc(Cl)ccc1Cl)C(=O)CN1C(=O)NC2(CCCC2)C1=O. The van der Waals surface area contributed by atoms with Gasteiger partial charge in [0.1, 0.15) is 12.1 Å². The lowest BCUT2D eigenvalue weighted by atomic mass is 9.98. The molecule has 2 aliphatic rings. The molecule has 0 aromatic heterocycles. The van der Waals surface area contributed by atoms with Crippen molar-refractivity contribution < 1.29 is 19.2 Å². The molecular weight excluding hydrogens is 431 g/mol. The molecule has 0 unspecified atom stereocenters. The number of carbonyl (C=O) groups is 4. The van der Waals surface area contributed by atoms with Gasteiger partial charge in [-0.15, -0.1) is 0 Å². The van der Waals surface area contributed by atoms with Gasteiger partial charge in [0, 0.05) is 11.6 Å². The fourth-order valence-electron chi connectivity index (χ4n) is 3.89. The van der Waals surface area contributed by atoms with E-state index in [1.54, 1.807) is 12.1 Å². The molecule has 0 atom stereocenters. The highest BCUT2D eigenvalue weighted by atomic mass is 35.5. The van der Waals surface area contributed by atoms with Crippen molar-refractivity contribution in [1.82, 2.24) is 15.1 Å². The van der Waals surface area contributed by atoms with Crippen LogP contribution in [-0.4, -0.2) is 58.7 Å². The van der Waals surface area contributed by atoms with Gasteiger partial charge in [0.05, 0.1) is 17.3 Å². The lowest BCUT2D eigenvalue weighted by Gasteiger charge is -2.24. The molecular formula is C20H24Cl2N4O4. The second kappa shape index (κ2) is 9.22. The van der Waals surface area contributed by atoms with Gasteiger partial charge in [-0.05, 0) is 37.5 Å². The van der Waals surface area contributed by atoms with Gasteiger partial charge in [-0.2, -0.15) is 0 Å². The number of anilines is 1. The van der Waals surface area contributed by atoms with E-state index < -0.39 is 29.9 Å². The minimum absolute atomic E-state index is 0.232. The van der Waals surface area contributed by atoms with Crippen LogP contribution in [0, 0.1) is 0 Å². The molecule has 2 fully saturated rings. The Morgan fingerprint density at radius 2 is 1.93 bits per heavy atom. The van der Waals surface area contributed by atoms with Crippen LogP contribution in [0.2, 0.25) is 10.0 Å². The first-order valence-electron chi connectivity index (χ1n) is 9.92. The van der Waals surface area contributed by atoms with Gasteiger partial charge in [-0.1, -0.05) is 43.0 Å². The lowest BCUT2D eigenvalue weighted by Crippen LogP contribution is -2.47. The number of rotatable bonds is 7. The van der Waals surface area contributed by atoms with Crippen LogP contribution in [0.5, 0.6) is 0 Å². The molecule has 10 heteroatoms. The van der Waals surface area contributed by atoms with Crippen LogP contribution in [0.1, 0.15) is 39.0 Å². The highest BCUT2D eigenvalue weighted by molar-refractivity contribution is 6.35. The summed E-state index contributed by atoms with van der Waals surface area (Å²) in [7, 11) is 0. The molecule has 162 valence electrons. The molecule has 5 amide bonds. The molecule has 1 aliphatic heterocycles. The Balaban J connectivity index is 1.64. The number of urea groups is 1. The van der Waals surface area contributed by atoms with Crippen molar-refractivity contribution in [3.63, 3.8) is 0 Å². The second-order valence-corrected chi connectivity index (χ2v) is 8.44. The van der Waals surface area contributed by atoms with Crippen LogP contribution >= 0.6 is 23.2 Å². The maximum Gasteiger partial charge on any atom is 0.325 e. The van der Waals surface area contributed by atoms with Crippen molar-refractivity contribution >= 4 is 52.6 Å². The van der Waals surface area contributed by atoms with Crippen molar-refractivity contribution in [1.29, 1.82) is 0 Å². The maximum absolute atomic E-state index is 12.8. The van der Waals surface area contributed by atoms with Crippen molar-refractivity contribution in [2.45, 2.75) is 44.6 Å². The Bertz CT molecular complexity index is 870. The first kappa shape index (κ1) is 22.4. The van der Waals surface area contributed by atoms with E-state index in [-0.39, 0.29) is 12.5 Å². The first-order valence-corrected chi connectivity index (χ1v) is 10.7. The average Bonchev–Trinajstić information content (AvgIpc) is 3.25.